The summed E-state index contributed by atoms with van der Waals surface area (Å²) in [5.74, 6) is -0.136. The van der Waals surface area contributed by atoms with Gasteiger partial charge in [0.05, 0.1) is 5.25 Å². The summed E-state index contributed by atoms with van der Waals surface area (Å²) >= 11 is 0. The molecule has 1 aromatic rings. The molecule has 2 atom stereocenters. The molecule has 2 bridgehead atoms. The highest BCUT2D eigenvalue weighted by Crippen LogP contribution is 2.35. The molecule has 0 radical (unpaired) electrons. The first-order chi connectivity index (χ1) is 8.57. The minimum atomic E-state index is -3.41. The molecule has 4 nitrogen and oxygen atoms in total. The van der Waals surface area contributed by atoms with Crippen LogP contribution in [0.3, 0.4) is 0 Å². The fourth-order valence-electron chi connectivity index (χ4n) is 3.14. The quantitative estimate of drug-likeness (QED) is 0.851. The van der Waals surface area contributed by atoms with E-state index >= 15 is 0 Å². The first-order valence-electron chi connectivity index (χ1n) is 6.35. The van der Waals surface area contributed by atoms with Crippen LogP contribution in [0, 0.1) is 0 Å². The lowest BCUT2D eigenvalue weighted by Gasteiger charge is -2.28. The Kier molecular flexibility index (Phi) is 2.83. The second-order valence-corrected chi connectivity index (χ2v) is 7.44. The Hall–Kier alpha value is -1.07. The minimum Gasteiger partial charge on any atom is -0.507 e. The van der Waals surface area contributed by atoms with Crippen LogP contribution in [0.15, 0.2) is 29.2 Å². The Morgan fingerprint density at radius 3 is 2.33 bits per heavy atom. The van der Waals surface area contributed by atoms with Gasteiger partial charge in [0.1, 0.15) is 10.6 Å². The molecule has 2 heterocycles. The van der Waals surface area contributed by atoms with Crippen LogP contribution in [0.2, 0.25) is 0 Å². The van der Waals surface area contributed by atoms with E-state index in [1.807, 2.05) is 0 Å². The molecule has 2 fully saturated rings. The van der Waals surface area contributed by atoms with Gasteiger partial charge in [-0.25, -0.2) is 8.42 Å². The molecule has 2 aliphatic heterocycles. The van der Waals surface area contributed by atoms with E-state index in [0.717, 1.165) is 12.8 Å². The lowest BCUT2D eigenvalue weighted by molar-refractivity contribution is 0.399. The molecule has 2 saturated heterocycles. The number of fused-ring (bicyclic) bond motifs is 2. The monoisotopic (exact) mass is 267 g/mol. The van der Waals surface area contributed by atoms with Gasteiger partial charge in [-0.15, -0.1) is 0 Å². The normalized spacial score (nSPS) is 31.4. The van der Waals surface area contributed by atoms with Gasteiger partial charge in [-0.2, -0.15) is 0 Å². The summed E-state index contributed by atoms with van der Waals surface area (Å²) in [7, 11) is -3.41. The number of piperidine rings is 1. The fourth-order valence-corrected chi connectivity index (χ4v) is 5.09. The number of benzene rings is 1. The van der Waals surface area contributed by atoms with Crippen molar-refractivity contribution in [1.82, 2.24) is 5.32 Å². The number of phenols is 1. The molecule has 98 valence electrons. The van der Waals surface area contributed by atoms with Gasteiger partial charge < -0.3 is 10.4 Å². The number of rotatable bonds is 2. The Morgan fingerprint density at radius 2 is 1.72 bits per heavy atom. The summed E-state index contributed by atoms with van der Waals surface area (Å²) in [6.07, 6.45) is 3.45. The molecular weight excluding hydrogens is 250 g/mol. The number of hydrogen-bond acceptors (Lipinski definition) is 4. The average molecular weight is 267 g/mol. The lowest BCUT2D eigenvalue weighted by Crippen LogP contribution is -2.43. The van der Waals surface area contributed by atoms with E-state index in [-0.39, 0.29) is 15.9 Å². The summed E-state index contributed by atoms with van der Waals surface area (Å²) in [5.41, 5.74) is 0. The van der Waals surface area contributed by atoms with Crippen molar-refractivity contribution in [1.29, 1.82) is 0 Å². The molecule has 0 aliphatic carbocycles. The third-order valence-electron chi connectivity index (χ3n) is 4.04. The largest absolute Gasteiger partial charge is 0.507 e. The summed E-state index contributed by atoms with van der Waals surface area (Å²) in [6, 6.07) is 6.88. The van der Waals surface area contributed by atoms with Crippen LogP contribution < -0.4 is 5.32 Å². The number of aromatic hydroxyl groups is 1. The molecule has 0 aromatic heterocycles. The van der Waals surface area contributed by atoms with E-state index < -0.39 is 9.84 Å². The zero-order valence-electron chi connectivity index (χ0n) is 10.0. The zero-order valence-corrected chi connectivity index (χ0v) is 10.9. The number of nitrogens with one attached hydrogen (secondary N) is 1. The Bertz CT molecular complexity index is 543. The Balaban J connectivity index is 1.94. The Labute approximate surface area is 107 Å². The van der Waals surface area contributed by atoms with E-state index in [0.29, 0.717) is 24.9 Å². The molecule has 18 heavy (non-hydrogen) atoms. The summed E-state index contributed by atoms with van der Waals surface area (Å²) in [6.45, 7) is 0. The number of phenolic OH excluding ortho intramolecular Hbond substituents is 1. The van der Waals surface area contributed by atoms with E-state index in [1.54, 1.807) is 12.1 Å². The van der Waals surface area contributed by atoms with Crippen LogP contribution in [-0.4, -0.2) is 30.9 Å². The number of hydrogen-bond donors (Lipinski definition) is 2. The van der Waals surface area contributed by atoms with Crippen molar-refractivity contribution in [2.45, 2.75) is 47.9 Å². The van der Waals surface area contributed by atoms with Crippen molar-refractivity contribution in [2.24, 2.45) is 0 Å². The maximum atomic E-state index is 12.5. The summed E-state index contributed by atoms with van der Waals surface area (Å²) < 4.78 is 25.1. The van der Waals surface area contributed by atoms with Crippen molar-refractivity contribution in [3.63, 3.8) is 0 Å². The molecule has 0 spiro atoms. The molecule has 0 amide bonds. The maximum Gasteiger partial charge on any atom is 0.184 e. The van der Waals surface area contributed by atoms with Gasteiger partial charge in [0.25, 0.3) is 0 Å². The van der Waals surface area contributed by atoms with E-state index in [2.05, 4.69) is 5.32 Å². The Morgan fingerprint density at radius 1 is 1.11 bits per heavy atom. The number of para-hydroxylation sites is 1. The second kappa shape index (κ2) is 4.24. The van der Waals surface area contributed by atoms with Crippen molar-refractivity contribution in [2.75, 3.05) is 0 Å². The van der Waals surface area contributed by atoms with Crippen molar-refractivity contribution >= 4 is 9.84 Å². The predicted molar refractivity (Wildman–Crippen MR) is 68.3 cm³/mol. The average Bonchev–Trinajstić information content (AvgIpc) is 2.68. The van der Waals surface area contributed by atoms with Gasteiger partial charge in [0.2, 0.25) is 0 Å². The third kappa shape index (κ3) is 1.91. The smallest absolute Gasteiger partial charge is 0.184 e. The summed E-state index contributed by atoms with van der Waals surface area (Å²) in [4.78, 5) is 0.0799. The highest BCUT2D eigenvalue weighted by atomic mass is 32.2. The van der Waals surface area contributed by atoms with Crippen LogP contribution in [0.5, 0.6) is 5.75 Å². The molecule has 2 unspecified atom stereocenters. The molecule has 2 N–H and O–H groups in total. The van der Waals surface area contributed by atoms with Gasteiger partial charge >= 0.3 is 0 Å². The number of sulfone groups is 1. The van der Waals surface area contributed by atoms with Gasteiger partial charge in [0.15, 0.2) is 9.84 Å². The second-order valence-electron chi connectivity index (χ2n) is 5.24. The van der Waals surface area contributed by atoms with Crippen LogP contribution in [-0.2, 0) is 9.84 Å². The van der Waals surface area contributed by atoms with E-state index in [1.165, 1.54) is 12.1 Å². The molecular formula is C13H17NO3S. The standard InChI is InChI=1S/C13H17NO3S/c15-12-3-1-2-4-13(12)18(16,17)11-7-9-5-6-10(8-11)14-9/h1-4,9-11,14-15H,5-8H2. The summed E-state index contributed by atoms with van der Waals surface area (Å²) in [5, 5.41) is 12.8. The molecule has 3 rings (SSSR count). The first-order valence-corrected chi connectivity index (χ1v) is 7.90. The van der Waals surface area contributed by atoms with Gasteiger partial charge in [-0.05, 0) is 37.8 Å². The van der Waals surface area contributed by atoms with E-state index in [4.69, 9.17) is 0 Å². The molecule has 5 heteroatoms. The van der Waals surface area contributed by atoms with Crippen LogP contribution >= 0.6 is 0 Å². The van der Waals surface area contributed by atoms with Crippen LogP contribution in [0.1, 0.15) is 25.7 Å². The molecule has 0 saturated carbocycles. The lowest BCUT2D eigenvalue weighted by atomic mass is 10.1. The topological polar surface area (TPSA) is 66.4 Å². The van der Waals surface area contributed by atoms with Crippen LogP contribution in [0.4, 0.5) is 0 Å². The zero-order chi connectivity index (χ0) is 12.8. The van der Waals surface area contributed by atoms with Crippen molar-refractivity contribution < 1.29 is 13.5 Å². The highest BCUT2D eigenvalue weighted by molar-refractivity contribution is 7.92. The predicted octanol–water partition coefficient (Wildman–Crippen LogP) is 1.45. The third-order valence-corrected chi connectivity index (χ3v) is 6.26. The fraction of sp³-hybridized carbons (Fsp3) is 0.538. The van der Waals surface area contributed by atoms with Crippen molar-refractivity contribution in [3.8, 4) is 5.75 Å². The molecule has 1 aromatic carbocycles. The van der Waals surface area contributed by atoms with Gasteiger partial charge in [-0.1, -0.05) is 12.1 Å². The molecule has 2 aliphatic rings. The van der Waals surface area contributed by atoms with Gasteiger partial charge in [0, 0.05) is 12.1 Å². The minimum absolute atomic E-state index is 0.0799. The van der Waals surface area contributed by atoms with Crippen molar-refractivity contribution in [3.05, 3.63) is 24.3 Å². The van der Waals surface area contributed by atoms with Crippen LogP contribution in [0.25, 0.3) is 0 Å². The highest BCUT2D eigenvalue weighted by Gasteiger charge is 2.40. The van der Waals surface area contributed by atoms with E-state index in [9.17, 15) is 13.5 Å². The SMILES string of the molecule is O=S(=O)(c1ccccc1O)C1CC2CCC(C1)N2. The maximum absolute atomic E-state index is 12.5. The van der Waals surface area contributed by atoms with Gasteiger partial charge in [-0.3, -0.25) is 0 Å². The first kappa shape index (κ1) is 12.0.